The Labute approximate surface area is 108 Å². The number of hydrogen-bond acceptors (Lipinski definition) is 3. The molecule has 0 rings (SSSR count). The lowest BCUT2D eigenvalue weighted by Crippen LogP contribution is -2.34. The molecule has 0 aliphatic heterocycles. The third-order valence-electron chi connectivity index (χ3n) is 2.29. The lowest BCUT2D eigenvalue weighted by atomic mass is 10.3. The second-order valence-corrected chi connectivity index (χ2v) is 7.03. The van der Waals surface area contributed by atoms with Gasteiger partial charge in [-0.2, -0.15) is 5.26 Å². The van der Waals surface area contributed by atoms with Gasteiger partial charge in [-0.15, -0.1) is 0 Å². The van der Waals surface area contributed by atoms with E-state index in [4.69, 9.17) is 9.79 Å². The van der Waals surface area contributed by atoms with E-state index in [2.05, 4.69) is 52.3 Å². The summed E-state index contributed by atoms with van der Waals surface area (Å²) in [5.41, 5.74) is 0. The largest absolute Gasteiger partial charge is 0.342 e. The lowest BCUT2D eigenvalue weighted by Gasteiger charge is -2.37. The van der Waals surface area contributed by atoms with Crippen molar-refractivity contribution in [3.05, 3.63) is 0 Å². The highest BCUT2D eigenvalue weighted by atomic mass is 31.2. The summed E-state index contributed by atoms with van der Waals surface area (Å²) in [5.74, 6) is 0.628. The molecular formula is C13H27N2OP. The molecule has 0 saturated carbocycles. The molecule has 100 valence electrons. The van der Waals surface area contributed by atoms with E-state index in [1.54, 1.807) is 0 Å². The molecular weight excluding hydrogens is 231 g/mol. The van der Waals surface area contributed by atoms with Gasteiger partial charge in [-0.25, -0.2) is 0 Å². The molecule has 4 heteroatoms. The fourth-order valence-electron chi connectivity index (χ4n) is 1.83. The SMILES string of the molecule is CC(C)CP(OCCC#N)N(C(C)C)C(C)C. The van der Waals surface area contributed by atoms with Crippen LogP contribution in [0.2, 0.25) is 0 Å². The van der Waals surface area contributed by atoms with Crippen LogP contribution in [0.25, 0.3) is 0 Å². The molecule has 0 bridgehead atoms. The summed E-state index contributed by atoms with van der Waals surface area (Å²) < 4.78 is 8.40. The predicted molar refractivity (Wildman–Crippen MR) is 74.9 cm³/mol. The Balaban J connectivity index is 4.56. The summed E-state index contributed by atoms with van der Waals surface area (Å²) in [5, 5.41) is 8.58. The standard InChI is InChI=1S/C13H27N2OP/c1-11(2)10-17(16-9-7-8-14)15(12(3)4)13(5)6/h11-13H,7,9-10H2,1-6H3. The van der Waals surface area contributed by atoms with Crippen LogP contribution in [0, 0.1) is 17.2 Å². The molecule has 0 radical (unpaired) electrons. The monoisotopic (exact) mass is 258 g/mol. The van der Waals surface area contributed by atoms with Gasteiger partial charge in [0.1, 0.15) is 8.30 Å². The van der Waals surface area contributed by atoms with E-state index in [1.807, 2.05) is 0 Å². The smallest absolute Gasteiger partial charge is 0.105 e. The van der Waals surface area contributed by atoms with E-state index in [-0.39, 0.29) is 0 Å². The van der Waals surface area contributed by atoms with Gasteiger partial charge in [0.25, 0.3) is 0 Å². The maximum atomic E-state index is 8.58. The first-order chi connectivity index (χ1) is 7.90. The Morgan fingerprint density at radius 3 is 2.00 bits per heavy atom. The van der Waals surface area contributed by atoms with Crippen molar-refractivity contribution in [3.63, 3.8) is 0 Å². The molecule has 0 aliphatic rings. The molecule has 1 atom stereocenters. The van der Waals surface area contributed by atoms with Gasteiger partial charge in [0.15, 0.2) is 0 Å². The summed E-state index contributed by atoms with van der Waals surface area (Å²) >= 11 is 0. The molecule has 0 saturated heterocycles. The van der Waals surface area contributed by atoms with Crippen molar-refractivity contribution in [2.75, 3.05) is 12.8 Å². The molecule has 0 aromatic heterocycles. The van der Waals surface area contributed by atoms with Crippen LogP contribution in [0.15, 0.2) is 0 Å². The summed E-state index contributed by atoms with van der Waals surface area (Å²) in [4.78, 5) is 0. The lowest BCUT2D eigenvalue weighted by molar-refractivity contribution is 0.254. The Kier molecular flexibility index (Phi) is 8.78. The Morgan fingerprint density at radius 1 is 1.12 bits per heavy atom. The molecule has 0 N–H and O–H groups in total. The van der Waals surface area contributed by atoms with Crippen LogP contribution in [-0.2, 0) is 4.52 Å². The van der Waals surface area contributed by atoms with Gasteiger partial charge in [-0.3, -0.25) is 4.67 Å². The van der Waals surface area contributed by atoms with E-state index < -0.39 is 8.30 Å². The fourth-order valence-corrected chi connectivity index (χ4v) is 4.22. The first kappa shape index (κ1) is 16.8. The van der Waals surface area contributed by atoms with Crippen LogP contribution < -0.4 is 0 Å². The number of nitrogens with zero attached hydrogens (tertiary/aromatic N) is 2. The van der Waals surface area contributed by atoms with Crippen LogP contribution in [0.4, 0.5) is 0 Å². The van der Waals surface area contributed by atoms with Crippen molar-refractivity contribution in [3.8, 4) is 6.07 Å². The second kappa shape index (κ2) is 8.86. The topological polar surface area (TPSA) is 36.3 Å². The van der Waals surface area contributed by atoms with E-state index >= 15 is 0 Å². The first-order valence-corrected chi connectivity index (χ1v) is 7.85. The quantitative estimate of drug-likeness (QED) is 0.487. The molecule has 0 heterocycles. The molecule has 0 aliphatic carbocycles. The van der Waals surface area contributed by atoms with E-state index in [1.165, 1.54) is 0 Å². The summed E-state index contributed by atoms with van der Waals surface area (Å²) in [6.07, 6.45) is 1.57. The average Bonchev–Trinajstić information content (AvgIpc) is 2.15. The summed E-state index contributed by atoms with van der Waals surface area (Å²) in [6.45, 7) is 13.9. The summed E-state index contributed by atoms with van der Waals surface area (Å²) in [7, 11) is -0.572. The van der Waals surface area contributed by atoms with Crippen molar-refractivity contribution in [2.24, 2.45) is 5.92 Å². The van der Waals surface area contributed by atoms with E-state index in [9.17, 15) is 0 Å². The van der Waals surface area contributed by atoms with Crippen LogP contribution in [0.5, 0.6) is 0 Å². The third-order valence-corrected chi connectivity index (χ3v) is 5.25. The Hall–Kier alpha value is -0.160. The predicted octanol–water partition coefficient (Wildman–Crippen LogP) is 4.00. The minimum Gasteiger partial charge on any atom is -0.342 e. The summed E-state index contributed by atoms with van der Waals surface area (Å²) in [6, 6.07) is 3.12. The number of hydrogen-bond donors (Lipinski definition) is 0. The van der Waals surface area contributed by atoms with Crippen molar-refractivity contribution >= 4 is 8.30 Å². The zero-order valence-corrected chi connectivity index (χ0v) is 13.0. The molecule has 3 nitrogen and oxygen atoms in total. The van der Waals surface area contributed by atoms with Gasteiger partial charge >= 0.3 is 0 Å². The Bertz CT molecular complexity index is 228. The van der Waals surface area contributed by atoms with Gasteiger partial charge in [-0.05, 0) is 33.6 Å². The maximum absolute atomic E-state index is 8.58. The number of nitriles is 1. The number of rotatable bonds is 8. The zero-order chi connectivity index (χ0) is 13.4. The minimum absolute atomic E-state index is 0.487. The van der Waals surface area contributed by atoms with E-state index in [0.717, 1.165) is 6.16 Å². The van der Waals surface area contributed by atoms with Crippen molar-refractivity contribution in [1.29, 1.82) is 5.26 Å². The van der Waals surface area contributed by atoms with Crippen LogP contribution >= 0.6 is 8.30 Å². The third kappa shape index (κ3) is 6.99. The molecule has 0 spiro atoms. The highest BCUT2D eigenvalue weighted by Crippen LogP contribution is 2.46. The van der Waals surface area contributed by atoms with Gasteiger partial charge in [0, 0.05) is 18.2 Å². The normalized spacial score (nSPS) is 13.7. The maximum Gasteiger partial charge on any atom is 0.105 e. The van der Waals surface area contributed by atoms with Gasteiger partial charge in [0.05, 0.1) is 19.1 Å². The molecule has 0 fully saturated rings. The Morgan fingerprint density at radius 2 is 1.65 bits per heavy atom. The molecule has 1 unspecified atom stereocenters. The molecule has 0 aromatic rings. The van der Waals surface area contributed by atoms with Gasteiger partial charge in [0.2, 0.25) is 0 Å². The highest BCUT2D eigenvalue weighted by molar-refractivity contribution is 7.50. The highest BCUT2D eigenvalue weighted by Gasteiger charge is 2.25. The van der Waals surface area contributed by atoms with Crippen molar-refractivity contribution in [1.82, 2.24) is 4.67 Å². The van der Waals surface area contributed by atoms with E-state index in [0.29, 0.717) is 31.0 Å². The second-order valence-electron chi connectivity index (χ2n) is 5.24. The van der Waals surface area contributed by atoms with Crippen molar-refractivity contribution < 1.29 is 4.52 Å². The van der Waals surface area contributed by atoms with Crippen molar-refractivity contribution in [2.45, 2.75) is 60.0 Å². The van der Waals surface area contributed by atoms with Crippen LogP contribution in [-0.4, -0.2) is 29.5 Å². The van der Waals surface area contributed by atoms with Crippen LogP contribution in [0.3, 0.4) is 0 Å². The molecule has 17 heavy (non-hydrogen) atoms. The molecule has 0 aromatic carbocycles. The average molecular weight is 258 g/mol. The van der Waals surface area contributed by atoms with Crippen LogP contribution in [0.1, 0.15) is 48.0 Å². The molecule has 0 amide bonds. The van der Waals surface area contributed by atoms with Gasteiger partial charge in [-0.1, -0.05) is 13.8 Å². The fraction of sp³-hybridized carbons (Fsp3) is 0.923. The zero-order valence-electron chi connectivity index (χ0n) is 12.1. The first-order valence-electron chi connectivity index (χ1n) is 6.45. The minimum atomic E-state index is -0.572. The van der Waals surface area contributed by atoms with Gasteiger partial charge < -0.3 is 4.52 Å².